The molecule has 1 saturated heterocycles. The third-order valence-electron chi connectivity index (χ3n) is 3.78. The molecule has 0 bridgehead atoms. The van der Waals surface area contributed by atoms with Gasteiger partial charge in [-0.2, -0.15) is 0 Å². The van der Waals surface area contributed by atoms with Crippen LogP contribution in [0.15, 0.2) is 18.2 Å². The Kier molecular flexibility index (Phi) is 4.72. The van der Waals surface area contributed by atoms with Gasteiger partial charge in [-0.05, 0) is 36.6 Å². The zero-order valence-electron chi connectivity index (χ0n) is 11.4. The number of nitrogens with one attached hydrogen (secondary N) is 1. The van der Waals surface area contributed by atoms with Crippen LogP contribution in [0.3, 0.4) is 0 Å². The SMILES string of the molecule is CCCC1CNCCN1Cc1cc(F)ccc1C. The van der Waals surface area contributed by atoms with Crippen molar-refractivity contribution in [1.29, 1.82) is 0 Å². The van der Waals surface area contributed by atoms with E-state index in [2.05, 4.69) is 24.1 Å². The van der Waals surface area contributed by atoms with Gasteiger partial charge in [0, 0.05) is 32.2 Å². The van der Waals surface area contributed by atoms with E-state index < -0.39 is 0 Å². The topological polar surface area (TPSA) is 15.3 Å². The monoisotopic (exact) mass is 250 g/mol. The summed E-state index contributed by atoms with van der Waals surface area (Å²) in [7, 11) is 0. The Morgan fingerprint density at radius 1 is 1.44 bits per heavy atom. The Morgan fingerprint density at radius 3 is 3.06 bits per heavy atom. The molecule has 3 heteroatoms. The van der Waals surface area contributed by atoms with Crippen molar-refractivity contribution in [1.82, 2.24) is 10.2 Å². The number of hydrogen-bond donors (Lipinski definition) is 1. The lowest BCUT2D eigenvalue weighted by Crippen LogP contribution is -2.50. The first-order chi connectivity index (χ1) is 8.70. The lowest BCUT2D eigenvalue weighted by molar-refractivity contribution is 0.144. The minimum absolute atomic E-state index is 0.127. The van der Waals surface area contributed by atoms with Crippen molar-refractivity contribution in [2.45, 2.75) is 39.3 Å². The van der Waals surface area contributed by atoms with Crippen LogP contribution in [-0.2, 0) is 6.54 Å². The standard InChI is InChI=1S/C15H23FN2/c1-3-4-15-10-17-7-8-18(15)11-13-9-14(16)6-5-12(13)2/h5-6,9,15,17H,3-4,7-8,10-11H2,1-2H3. The highest BCUT2D eigenvalue weighted by molar-refractivity contribution is 5.26. The summed E-state index contributed by atoms with van der Waals surface area (Å²) in [6.45, 7) is 8.30. The van der Waals surface area contributed by atoms with Gasteiger partial charge in [-0.3, -0.25) is 4.90 Å². The molecule has 1 aromatic carbocycles. The van der Waals surface area contributed by atoms with Gasteiger partial charge >= 0.3 is 0 Å². The molecule has 1 fully saturated rings. The van der Waals surface area contributed by atoms with E-state index in [1.807, 2.05) is 6.07 Å². The average Bonchev–Trinajstić information content (AvgIpc) is 2.36. The van der Waals surface area contributed by atoms with Crippen molar-refractivity contribution in [2.24, 2.45) is 0 Å². The highest BCUT2D eigenvalue weighted by Crippen LogP contribution is 2.17. The summed E-state index contributed by atoms with van der Waals surface area (Å²) in [5.41, 5.74) is 2.31. The van der Waals surface area contributed by atoms with Crippen LogP contribution in [0.5, 0.6) is 0 Å². The molecule has 1 aliphatic rings. The number of aryl methyl sites for hydroxylation is 1. The average molecular weight is 250 g/mol. The number of hydrogen-bond acceptors (Lipinski definition) is 2. The Bertz CT molecular complexity index is 390. The molecule has 1 aromatic rings. The number of rotatable bonds is 4. The molecule has 1 atom stereocenters. The lowest BCUT2D eigenvalue weighted by Gasteiger charge is -2.36. The van der Waals surface area contributed by atoms with Crippen LogP contribution < -0.4 is 5.32 Å². The van der Waals surface area contributed by atoms with Crippen molar-refractivity contribution in [3.8, 4) is 0 Å². The summed E-state index contributed by atoms with van der Waals surface area (Å²) in [5.74, 6) is -0.127. The van der Waals surface area contributed by atoms with Gasteiger partial charge in [-0.1, -0.05) is 19.4 Å². The first-order valence-electron chi connectivity index (χ1n) is 6.90. The van der Waals surface area contributed by atoms with Crippen molar-refractivity contribution in [3.63, 3.8) is 0 Å². The third-order valence-corrected chi connectivity index (χ3v) is 3.78. The zero-order valence-corrected chi connectivity index (χ0v) is 11.4. The van der Waals surface area contributed by atoms with Gasteiger partial charge in [-0.15, -0.1) is 0 Å². The van der Waals surface area contributed by atoms with Crippen LogP contribution in [0.2, 0.25) is 0 Å². The quantitative estimate of drug-likeness (QED) is 0.884. The molecule has 0 radical (unpaired) electrons. The lowest BCUT2D eigenvalue weighted by atomic mass is 10.0. The summed E-state index contributed by atoms with van der Waals surface area (Å²) >= 11 is 0. The summed E-state index contributed by atoms with van der Waals surface area (Å²) in [6, 6.07) is 5.69. The summed E-state index contributed by atoms with van der Waals surface area (Å²) in [5, 5.41) is 3.45. The highest BCUT2D eigenvalue weighted by atomic mass is 19.1. The molecular formula is C15H23FN2. The van der Waals surface area contributed by atoms with Gasteiger partial charge in [0.15, 0.2) is 0 Å². The summed E-state index contributed by atoms with van der Waals surface area (Å²) in [6.07, 6.45) is 2.41. The van der Waals surface area contributed by atoms with E-state index in [4.69, 9.17) is 0 Å². The van der Waals surface area contributed by atoms with Crippen LogP contribution in [-0.4, -0.2) is 30.6 Å². The predicted molar refractivity (Wildman–Crippen MR) is 73.1 cm³/mol. The molecule has 2 rings (SSSR count). The molecule has 1 aliphatic heterocycles. The van der Waals surface area contributed by atoms with E-state index in [9.17, 15) is 4.39 Å². The molecule has 18 heavy (non-hydrogen) atoms. The maximum absolute atomic E-state index is 13.3. The van der Waals surface area contributed by atoms with Gasteiger partial charge in [0.2, 0.25) is 0 Å². The van der Waals surface area contributed by atoms with Crippen molar-refractivity contribution in [3.05, 3.63) is 35.1 Å². The van der Waals surface area contributed by atoms with E-state index in [1.165, 1.54) is 18.4 Å². The van der Waals surface area contributed by atoms with E-state index in [0.29, 0.717) is 6.04 Å². The molecule has 0 aromatic heterocycles. The first kappa shape index (κ1) is 13.5. The molecule has 0 aliphatic carbocycles. The van der Waals surface area contributed by atoms with Gasteiger partial charge < -0.3 is 5.32 Å². The smallest absolute Gasteiger partial charge is 0.123 e. The van der Waals surface area contributed by atoms with Gasteiger partial charge in [0.1, 0.15) is 5.82 Å². The highest BCUT2D eigenvalue weighted by Gasteiger charge is 2.21. The fourth-order valence-corrected chi connectivity index (χ4v) is 2.66. The van der Waals surface area contributed by atoms with Crippen LogP contribution in [0.4, 0.5) is 4.39 Å². The molecule has 1 N–H and O–H groups in total. The summed E-state index contributed by atoms with van der Waals surface area (Å²) in [4.78, 5) is 2.49. The second kappa shape index (κ2) is 6.30. The second-order valence-electron chi connectivity index (χ2n) is 5.19. The van der Waals surface area contributed by atoms with Crippen molar-refractivity contribution < 1.29 is 4.39 Å². The number of nitrogens with zero attached hydrogens (tertiary/aromatic N) is 1. The molecule has 1 unspecified atom stereocenters. The third kappa shape index (κ3) is 3.30. The van der Waals surface area contributed by atoms with E-state index >= 15 is 0 Å². The first-order valence-corrected chi connectivity index (χ1v) is 6.90. The maximum Gasteiger partial charge on any atom is 0.123 e. The molecule has 0 saturated carbocycles. The van der Waals surface area contributed by atoms with Gasteiger partial charge in [0.25, 0.3) is 0 Å². The molecule has 0 spiro atoms. The largest absolute Gasteiger partial charge is 0.314 e. The van der Waals surface area contributed by atoms with E-state index in [-0.39, 0.29) is 5.82 Å². The van der Waals surface area contributed by atoms with E-state index in [0.717, 1.165) is 31.7 Å². The fraction of sp³-hybridized carbons (Fsp3) is 0.600. The summed E-state index contributed by atoms with van der Waals surface area (Å²) < 4.78 is 13.3. The Morgan fingerprint density at radius 2 is 2.28 bits per heavy atom. The molecule has 2 nitrogen and oxygen atoms in total. The van der Waals surface area contributed by atoms with Crippen LogP contribution in [0.1, 0.15) is 30.9 Å². The number of halogens is 1. The molecule has 1 heterocycles. The normalized spacial score (nSPS) is 21.2. The van der Waals surface area contributed by atoms with Gasteiger partial charge in [0.05, 0.1) is 0 Å². The van der Waals surface area contributed by atoms with Gasteiger partial charge in [-0.25, -0.2) is 4.39 Å². The number of benzene rings is 1. The van der Waals surface area contributed by atoms with Crippen molar-refractivity contribution >= 4 is 0 Å². The van der Waals surface area contributed by atoms with Crippen LogP contribution in [0.25, 0.3) is 0 Å². The molecular weight excluding hydrogens is 227 g/mol. The number of piperazine rings is 1. The zero-order chi connectivity index (χ0) is 13.0. The van der Waals surface area contributed by atoms with E-state index in [1.54, 1.807) is 12.1 Å². The molecule has 100 valence electrons. The second-order valence-corrected chi connectivity index (χ2v) is 5.19. The molecule has 0 amide bonds. The maximum atomic E-state index is 13.3. The fourth-order valence-electron chi connectivity index (χ4n) is 2.66. The Hall–Kier alpha value is -0.930. The predicted octanol–water partition coefficient (Wildman–Crippen LogP) is 2.71. The Labute approximate surface area is 109 Å². The van der Waals surface area contributed by atoms with Crippen LogP contribution >= 0.6 is 0 Å². The Balaban J connectivity index is 2.08. The minimum atomic E-state index is -0.127. The van der Waals surface area contributed by atoms with Crippen molar-refractivity contribution in [2.75, 3.05) is 19.6 Å². The van der Waals surface area contributed by atoms with Crippen LogP contribution in [0, 0.1) is 12.7 Å². The minimum Gasteiger partial charge on any atom is -0.314 e.